The molecule has 5 nitrogen and oxygen atoms in total. The number of nitrogens with one attached hydrogen (secondary N) is 2. The second-order valence-electron chi connectivity index (χ2n) is 7.28. The van der Waals surface area contributed by atoms with Crippen LogP contribution < -0.4 is 16.4 Å². The summed E-state index contributed by atoms with van der Waals surface area (Å²) >= 11 is 6.11. The maximum Gasteiger partial charge on any atom is 0.250 e. The molecule has 1 saturated carbocycles. The smallest absolute Gasteiger partial charge is 0.250 e. The van der Waals surface area contributed by atoms with E-state index >= 15 is 0 Å². The van der Waals surface area contributed by atoms with Crippen molar-refractivity contribution in [2.45, 2.75) is 44.2 Å². The minimum absolute atomic E-state index is 0.222. The average Bonchev–Trinajstić information content (AvgIpc) is 2.66. The molecule has 6 heteroatoms. The van der Waals surface area contributed by atoms with Gasteiger partial charge in [0.25, 0.3) is 5.91 Å². The molecular weight excluding hydrogens is 360 g/mol. The largest absolute Gasteiger partial charge is 0.371 e. The van der Waals surface area contributed by atoms with E-state index in [4.69, 9.17) is 22.3 Å². The lowest BCUT2D eigenvalue weighted by molar-refractivity contribution is 0.100. The molecule has 1 aliphatic heterocycles. The van der Waals surface area contributed by atoms with Crippen molar-refractivity contribution in [3.05, 3.63) is 58.6 Å². The number of para-hydroxylation sites is 1. The van der Waals surface area contributed by atoms with Gasteiger partial charge in [-0.05, 0) is 42.7 Å². The molecule has 0 bridgehead atoms. The summed E-state index contributed by atoms with van der Waals surface area (Å²) in [4.78, 5) is 16.7. The van der Waals surface area contributed by atoms with Crippen molar-refractivity contribution in [2.24, 2.45) is 10.7 Å². The minimum Gasteiger partial charge on any atom is -0.371 e. The van der Waals surface area contributed by atoms with Crippen molar-refractivity contribution >= 4 is 34.7 Å². The topological polar surface area (TPSA) is 79.5 Å². The molecule has 0 saturated heterocycles. The van der Waals surface area contributed by atoms with Gasteiger partial charge in [0.05, 0.1) is 16.8 Å². The molecule has 0 radical (unpaired) electrons. The molecule has 2 aliphatic rings. The summed E-state index contributed by atoms with van der Waals surface area (Å²) < 4.78 is 0. The number of halogens is 1. The summed E-state index contributed by atoms with van der Waals surface area (Å²) in [6.45, 7) is 0.622. The Morgan fingerprint density at radius 2 is 1.96 bits per heavy atom. The molecule has 1 amide bonds. The Balaban J connectivity index is 1.71. The number of benzene rings is 2. The fourth-order valence-electron chi connectivity index (χ4n) is 4.06. The van der Waals surface area contributed by atoms with Gasteiger partial charge in [-0.15, -0.1) is 0 Å². The summed E-state index contributed by atoms with van der Waals surface area (Å²) in [6, 6.07) is 13.3. The summed E-state index contributed by atoms with van der Waals surface area (Å²) in [5, 5.41) is 7.90. The molecule has 2 aromatic carbocycles. The van der Waals surface area contributed by atoms with Crippen LogP contribution in [-0.2, 0) is 6.54 Å². The highest BCUT2D eigenvalue weighted by atomic mass is 35.5. The lowest BCUT2D eigenvalue weighted by Gasteiger charge is -2.43. The van der Waals surface area contributed by atoms with Crippen LogP contribution in [0.2, 0.25) is 5.02 Å². The quantitative estimate of drug-likeness (QED) is 0.736. The number of nitrogens with zero attached hydrogens (tertiary/aromatic N) is 1. The highest BCUT2D eigenvalue weighted by Gasteiger charge is 2.40. The number of aliphatic imine (C=N–C) groups is 1. The van der Waals surface area contributed by atoms with Crippen LogP contribution in [-0.4, -0.2) is 17.3 Å². The molecule has 140 valence electrons. The number of hydrogen-bond acceptors (Lipinski definition) is 4. The van der Waals surface area contributed by atoms with Crippen LogP contribution in [0.1, 0.15) is 48.0 Å². The van der Waals surface area contributed by atoms with Crippen molar-refractivity contribution in [2.75, 3.05) is 5.32 Å². The zero-order valence-corrected chi connectivity index (χ0v) is 15.9. The van der Waals surface area contributed by atoms with E-state index in [2.05, 4.69) is 10.6 Å². The van der Waals surface area contributed by atoms with Gasteiger partial charge < -0.3 is 16.4 Å². The predicted octanol–water partition coefficient (Wildman–Crippen LogP) is 4.39. The van der Waals surface area contributed by atoms with Crippen molar-refractivity contribution in [1.82, 2.24) is 5.32 Å². The van der Waals surface area contributed by atoms with Crippen LogP contribution in [0.5, 0.6) is 0 Å². The molecule has 0 atom stereocenters. The van der Waals surface area contributed by atoms with Gasteiger partial charge in [-0.1, -0.05) is 49.1 Å². The molecule has 27 heavy (non-hydrogen) atoms. The summed E-state index contributed by atoms with van der Waals surface area (Å²) in [5.41, 5.74) is 8.36. The SMILES string of the molecule is NC(=O)c1cccc2c1N=C(NCc1cccc(Cl)c1)C1(CCCCC1)N2. The number of rotatable bonds is 3. The second kappa shape index (κ2) is 7.24. The number of amidine groups is 1. The van der Waals surface area contributed by atoms with Crippen LogP contribution in [0.4, 0.5) is 11.4 Å². The number of nitrogens with two attached hydrogens (primary N) is 1. The number of primary amides is 1. The van der Waals surface area contributed by atoms with Crippen LogP contribution in [0.15, 0.2) is 47.5 Å². The molecule has 1 heterocycles. The van der Waals surface area contributed by atoms with Gasteiger partial charge in [-0.25, -0.2) is 4.99 Å². The van der Waals surface area contributed by atoms with Crippen LogP contribution in [0.25, 0.3) is 0 Å². The first-order valence-electron chi connectivity index (χ1n) is 9.36. The number of fused-ring (bicyclic) bond motifs is 1. The lowest BCUT2D eigenvalue weighted by Crippen LogP contribution is -2.54. The Kier molecular flexibility index (Phi) is 4.79. The Hall–Kier alpha value is -2.53. The first kappa shape index (κ1) is 17.9. The maximum atomic E-state index is 11.9. The number of carbonyl (C=O) groups is 1. The average molecular weight is 383 g/mol. The van der Waals surface area contributed by atoms with Crippen molar-refractivity contribution < 1.29 is 4.79 Å². The molecule has 4 N–H and O–H groups in total. The van der Waals surface area contributed by atoms with Crippen LogP contribution in [0, 0.1) is 0 Å². The second-order valence-corrected chi connectivity index (χ2v) is 7.71. The van der Waals surface area contributed by atoms with E-state index in [0.717, 1.165) is 42.8 Å². The standard InChI is InChI=1S/C21H23ClN4O/c22-15-7-4-6-14(12-15)13-24-20-21(10-2-1-3-11-21)26-17-9-5-8-16(19(23)27)18(17)25-20/h4-9,12,26H,1-3,10-11,13H2,(H2,23,27)(H,24,25). The number of carbonyl (C=O) groups excluding carboxylic acids is 1. The van der Waals surface area contributed by atoms with E-state index < -0.39 is 5.91 Å². The molecular formula is C21H23ClN4O. The summed E-state index contributed by atoms with van der Waals surface area (Å²) in [6.07, 6.45) is 5.55. The lowest BCUT2D eigenvalue weighted by atomic mass is 9.79. The predicted molar refractivity (Wildman–Crippen MR) is 110 cm³/mol. The number of hydrogen-bond donors (Lipinski definition) is 3. The van der Waals surface area contributed by atoms with Crippen molar-refractivity contribution in [1.29, 1.82) is 0 Å². The molecule has 0 aromatic heterocycles. The Morgan fingerprint density at radius 3 is 2.70 bits per heavy atom. The van der Waals surface area contributed by atoms with Crippen molar-refractivity contribution in [3.63, 3.8) is 0 Å². The third-order valence-electron chi connectivity index (χ3n) is 5.41. The van der Waals surface area contributed by atoms with Gasteiger partial charge in [-0.2, -0.15) is 0 Å². The fourth-order valence-corrected chi connectivity index (χ4v) is 4.27. The highest BCUT2D eigenvalue weighted by molar-refractivity contribution is 6.30. The normalized spacial score (nSPS) is 17.6. The van der Waals surface area contributed by atoms with E-state index in [1.165, 1.54) is 6.42 Å². The van der Waals surface area contributed by atoms with Gasteiger partial charge in [0.15, 0.2) is 0 Å². The zero-order valence-electron chi connectivity index (χ0n) is 15.1. The number of anilines is 1. The number of amides is 1. The Bertz CT molecular complexity index is 903. The van der Waals surface area contributed by atoms with Gasteiger partial charge in [0.2, 0.25) is 0 Å². The van der Waals surface area contributed by atoms with E-state index in [9.17, 15) is 4.79 Å². The molecule has 1 fully saturated rings. The summed E-state index contributed by atoms with van der Waals surface area (Å²) in [7, 11) is 0. The van der Waals surface area contributed by atoms with Gasteiger partial charge in [0, 0.05) is 11.6 Å². The van der Waals surface area contributed by atoms with Gasteiger partial charge in [0.1, 0.15) is 11.5 Å². The fraction of sp³-hybridized carbons (Fsp3) is 0.333. The Morgan fingerprint density at radius 1 is 1.19 bits per heavy atom. The molecule has 4 rings (SSSR count). The molecule has 0 unspecified atom stereocenters. The zero-order chi connectivity index (χ0) is 18.9. The molecule has 2 aromatic rings. The third-order valence-corrected chi connectivity index (χ3v) is 5.64. The van der Waals surface area contributed by atoms with E-state index in [1.807, 2.05) is 36.4 Å². The van der Waals surface area contributed by atoms with Gasteiger partial charge in [-0.3, -0.25) is 4.79 Å². The first-order chi connectivity index (χ1) is 13.1. The molecule has 1 spiro atoms. The molecule has 1 aliphatic carbocycles. The Labute approximate surface area is 164 Å². The first-order valence-corrected chi connectivity index (χ1v) is 9.74. The van der Waals surface area contributed by atoms with Crippen LogP contribution >= 0.6 is 11.6 Å². The van der Waals surface area contributed by atoms with Crippen LogP contribution in [0.3, 0.4) is 0 Å². The minimum atomic E-state index is -0.466. The maximum absolute atomic E-state index is 11.9. The monoisotopic (exact) mass is 382 g/mol. The van der Waals surface area contributed by atoms with Crippen molar-refractivity contribution in [3.8, 4) is 0 Å². The summed E-state index contributed by atoms with van der Waals surface area (Å²) in [5.74, 6) is 0.412. The van der Waals surface area contributed by atoms with E-state index in [-0.39, 0.29) is 5.54 Å². The third kappa shape index (κ3) is 3.52. The van der Waals surface area contributed by atoms with E-state index in [1.54, 1.807) is 6.07 Å². The van der Waals surface area contributed by atoms with E-state index in [0.29, 0.717) is 22.8 Å². The highest BCUT2D eigenvalue weighted by Crippen LogP contribution is 2.41. The van der Waals surface area contributed by atoms with Gasteiger partial charge >= 0.3 is 0 Å².